The van der Waals surface area contributed by atoms with E-state index in [-0.39, 0.29) is 0 Å². The van der Waals surface area contributed by atoms with Crippen molar-refractivity contribution in [3.8, 4) is 0 Å². The predicted octanol–water partition coefficient (Wildman–Crippen LogP) is 1.42. The van der Waals surface area contributed by atoms with Gasteiger partial charge in [-0.3, -0.25) is 0 Å². The van der Waals surface area contributed by atoms with Gasteiger partial charge < -0.3 is 15.0 Å². The lowest BCUT2D eigenvalue weighted by molar-refractivity contribution is 0.0529. The summed E-state index contributed by atoms with van der Waals surface area (Å²) in [6, 6.07) is 4.23. The van der Waals surface area contributed by atoms with E-state index in [1.54, 1.807) is 0 Å². The molecular weight excluding hydrogens is 214 g/mol. The van der Waals surface area contributed by atoms with Gasteiger partial charge in [-0.15, -0.1) is 0 Å². The summed E-state index contributed by atoms with van der Waals surface area (Å²) in [5.74, 6) is 1.07. The third-order valence-corrected chi connectivity index (χ3v) is 2.95. The SMILES string of the molecule is CCNCc1ccnc(N2CCOC(C)C2)c1. The summed E-state index contributed by atoms with van der Waals surface area (Å²) < 4.78 is 5.54. The molecule has 0 saturated carbocycles. The summed E-state index contributed by atoms with van der Waals surface area (Å²) in [6.07, 6.45) is 2.19. The minimum absolute atomic E-state index is 0.294. The molecule has 4 nitrogen and oxygen atoms in total. The number of aromatic nitrogens is 1. The van der Waals surface area contributed by atoms with Crippen molar-refractivity contribution in [2.45, 2.75) is 26.5 Å². The second kappa shape index (κ2) is 5.98. The highest BCUT2D eigenvalue weighted by atomic mass is 16.5. The van der Waals surface area contributed by atoms with Crippen LogP contribution >= 0.6 is 0 Å². The van der Waals surface area contributed by atoms with Crippen molar-refractivity contribution in [1.82, 2.24) is 10.3 Å². The van der Waals surface area contributed by atoms with Crippen LogP contribution in [0.15, 0.2) is 18.3 Å². The first-order chi connectivity index (χ1) is 8.29. The Hall–Kier alpha value is -1.13. The van der Waals surface area contributed by atoms with Crippen LogP contribution in [-0.2, 0) is 11.3 Å². The Labute approximate surface area is 103 Å². The molecule has 1 aromatic heterocycles. The molecule has 0 aromatic carbocycles. The van der Waals surface area contributed by atoms with Crippen LogP contribution in [0.3, 0.4) is 0 Å². The quantitative estimate of drug-likeness (QED) is 0.856. The van der Waals surface area contributed by atoms with E-state index in [0.29, 0.717) is 6.10 Å². The summed E-state index contributed by atoms with van der Waals surface area (Å²) in [6.45, 7) is 8.78. The number of anilines is 1. The summed E-state index contributed by atoms with van der Waals surface area (Å²) in [4.78, 5) is 6.74. The average Bonchev–Trinajstić information content (AvgIpc) is 2.37. The van der Waals surface area contributed by atoms with E-state index in [1.807, 2.05) is 6.20 Å². The van der Waals surface area contributed by atoms with E-state index in [4.69, 9.17) is 4.74 Å². The number of morpholine rings is 1. The Kier molecular flexibility index (Phi) is 4.34. The monoisotopic (exact) mass is 235 g/mol. The number of pyridine rings is 1. The van der Waals surface area contributed by atoms with E-state index >= 15 is 0 Å². The molecule has 1 aromatic rings. The van der Waals surface area contributed by atoms with Crippen LogP contribution < -0.4 is 10.2 Å². The maximum Gasteiger partial charge on any atom is 0.128 e. The van der Waals surface area contributed by atoms with Crippen molar-refractivity contribution in [3.05, 3.63) is 23.9 Å². The molecule has 0 radical (unpaired) electrons. The molecular formula is C13H21N3O. The summed E-state index contributed by atoms with van der Waals surface area (Å²) in [7, 11) is 0. The van der Waals surface area contributed by atoms with Crippen molar-refractivity contribution in [3.63, 3.8) is 0 Å². The lowest BCUT2D eigenvalue weighted by Crippen LogP contribution is -2.41. The van der Waals surface area contributed by atoms with Crippen molar-refractivity contribution >= 4 is 5.82 Å². The maximum absolute atomic E-state index is 5.54. The van der Waals surface area contributed by atoms with Gasteiger partial charge >= 0.3 is 0 Å². The topological polar surface area (TPSA) is 37.4 Å². The molecule has 1 saturated heterocycles. The summed E-state index contributed by atoms with van der Waals surface area (Å²) >= 11 is 0. The van der Waals surface area contributed by atoms with Gasteiger partial charge in [0.25, 0.3) is 0 Å². The predicted molar refractivity (Wildman–Crippen MR) is 69.2 cm³/mol. The zero-order chi connectivity index (χ0) is 12.1. The number of rotatable bonds is 4. The third kappa shape index (κ3) is 3.41. The van der Waals surface area contributed by atoms with Crippen molar-refractivity contribution in [2.24, 2.45) is 0 Å². The number of ether oxygens (including phenoxy) is 1. The second-order valence-electron chi connectivity index (χ2n) is 4.43. The Morgan fingerprint density at radius 1 is 1.59 bits per heavy atom. The van der Waals surface area contributed by atoms with E-state index in [2.05, 4.69) is 41.2 Å². The molecule has 0 spiro atoms. The molecule has 94 valence electrons. The van der Waals surface area contributed by atoms with Gasteiger partial charge in [0, 0.05) is 25.8 Å². The molecule has 1 atom stereocenters. The zero-order valence-corrected chi connectivity index (χ0v) is 10.6. The van der Waals surface area contributed by atoms with E-state index < -0.39 is 0 Å². The number of nitrogens with zero attached hydrogens (tertiary/aromatic N) is 2. The van der Waals surface area contributed by atoms with Crippen molar-refractivity contribution in [2.75, 3.05) is 31.1 Å². The highest BCUT2D eigenvalue weighted by molar-refractivity contribution is 5.41. The lowest BCUT2D eigenvalue weighted by Gasteiger charge is -2.32. The van der Waals surface area contributed by atoms with Gasteiger partial charge in [-0.2, -0.15) is 0 Å². The van der Waals surface area contributed by atoms with Gasteiger partial charge in [-0.05, 0) is 31.2 Å². The molecule has 1 aliphatic heterocycles. The minimum atomic E-state index is 0.294. The molecule has 0 aliphatic carbocycles. The van der Waals surface area contributed by atoms with Gasteiger partial charge in [0.15, 0.2) is 0 Å². The van der Waals surface area contributed by atoms with Crippen LogP contribution in [0.2, 0.25) is 0 Å². The number of hydrogen-bond acceptors (Lipinski definition) is 4. The smallest absolute Gasteiger partial charge is 0.128 e. The summed E-state index contributed by atoms with van der Waals surface area (Å²) in [5.41, 5.74) is 1.29. The standard InChI is InChI=1S/C13H21N3O/c1-3-14-9-12-4-5-15-13(8-12)16-6-7-17-11(2)10-16/h4-5,8,11,14H,3,6-7,9-10H2,1-2H3. The van der Waals surface area contributed by atoms with Gasteiger partial charge in [0.05, 0.1) is 12.7 Å². The number of nitrogens with one attached hydrogen (secondary N) is 1. The third-order valence-electron chi connectivity index (χ3n) is 2.95. The highest BCUT2D eigenvalue weighted by Gasteiger charge is 2.17. The Balaban J connectivity index is 2.04. The molecule has 1 aliphatic rings. The van der Waals surface area contributed by atoms with Crippen LogP contribution in [-0.4, -0.2) is 37.3 Å². The van der Waals surface area contributed by atoms with Crippen LogP contribution in [0.4, 0.5) is 5.82 Å². The largest absolute Gasteiger partial charge is 0.375 e. The molecule has 1 unspecified atom stereocenters. The fraction of sp³-hybridized carbons (Fsp3) is 0.615. The van der Waals surface area contributed by atoms with Crippen molar-refractivity contribution < 1.29 is 4.74 Å². The first-order valence-electron chi connectivity index (χ1n) is 6.31. The van der Waals surface area contributed by atoms with Gasteiger partial charge in [-0.25, -0.2) is 4.98 Å². The van der Waals surface area contributed by atoms with Gasteiger partial charge in [-0.1, -0.05) is 6.92 Å². The second-order valence-corrected chi connectivity index (χ2v) is 4.43. The molecule has 1 N–H and O–H groups in total. The van der Waals surface area contributed by atoms with Crippen LogP contribution in [0.25, 0.3) is 0 Å². The van der Waals surface area contributed by atoms with Gasteiger partial charge in [0.1, 0.15) is 5.82 Å². The average molecular weight is 235 g/mol. The molecule has 2 rings (SSSR count). The van der Waals surface area contributed by atoms with Crippen LogP contribution in [0.1, 0.15) is 19.4 Å². The zero-order valence-electron chi connectivity index (χ0n) is 10.6. The van der Waals surface area contributed by atoms with Crippen LogP contribution in [0, 0.1) is 0 Å². The van der Waals surface area contributed by atoms with E-state index in [1.165, 1.54) is 5.56 Å². The Bertz CT molecular complexity index is 356. The highest BCUT2D eigenvalue weighted by Crippen LogP contribution is 2.16. The van der Waals surface area contributed by atoms with Crippen molar-refractivity contribution in [1.29, 1.82) is 0 Å². The maximum atomic E-state index is 5.54. The van der Waals surface area contributed by atoms with E-state index in [0.717, 1.165) is 38.6 Å². The van der Waals surface area contributed by atoms with Crippen LogP contribution in [0.5, 0.6) is 0 Å². The van der Waals surface area contributed by atoms with Gasteiger partial charge in [0.2, 0.25) is 0 Å². The minimum Gasteiger partial charge on any atom is -0.375 e. The Morgan fingerprint density at radius 3 is 3.24 bits per heavy atom. The molecule has 0 bridgehead atoms. The normalized spacial score (nSPS) is 20.6. The molecule has 1 fully saturated rings. The molecule has 4 heteroatoms. The molecule has 17 heavy (non-hydrogen) atoms. The summed E-state index contributed by atoms with van der Waals surface area (Å²) in [5, 5.41) is 3.33. The fourth-order valence-corrected chi connectivity index (χ4v) is 2.04. The molecule has 0 amide bonds. The first kappa shape index (κ1) is 12.3. The lowest BCUT2D eigenvalue weighted by atomic mass is 10.2. The number of hydrogen-bond donors (Lipinski definition) is 1. The Morgan fingerprint density at radius 2 is 2.47 bits per heavy atom. The van der Waals surface area contributed by atoms with E-state index in [9.17, 15) is 0 Å². The fourth-order valence-electron chi connectivity index (χ4n) is 2.04. The first-order valence-corrected chi connectivity index (χ1v) is 6.31. The molecule has 2 heterocycles.